The third kappa shape index (κ3) is 5.74. The smallest absolute Gasteiger partial charge is 0.0639 e. The van der Waals surface area contributed by atoms with Gasteiger partial charge in [0.25, 0.3) is 0 Å². The molecule has 0 amide bonds. The summed E-state index contributed by atoms with van der Waals surface area (Å²) in [5.41, 5.74) is 2.55. The van der Waals surface area contributed by atoms with Gasteiger partial charge in [0.1, 0.15) is 0 Å². The molecule has 0 bridgehead atoms. The van der Waals surface area contributed by atoms with E-state index in [1.165, 1.54) is 11.1 Å². The first-order valence-electron chi connectivity index (χ1n) is 6.72. The summed E-state index contributed by atoms with van der Waals surface area (Å²) in [6.07, 6.45) is -0.313. The Morgan fingerprint density at radius 1 is 0.850 bits per heavy atom. The number of aliphatic hydroxyl groups excluding tert-OH is 1. The van der Waals surface area contributed by atoms with Crippen molar-refractivity contribution in [3.8, 4) is 0 Å². The Morgan fingerprint density at radius 2 is 1.25 bits per heavy atom. The maximum Gasteiger partial charge on any atom is 0.0639 e. The van der Waals surface area contributed by atoms with Crippen molar-refractivity contribution in [2.24, 2.45) is 0 Å². The van der Waals surface area contributed by atoms with Crippen LogP contribution in [0.5, 0.6) is 0 Å². The molecular formula is C17H22ClNO. The van der Waals surface area contributed by atoms with Crippen LogP contribution in [0.3, 0.4) is 0 Å². The van der Waals surface area contributed by atoms with Gasteiger partial charge in [0.15, 0.2) is 0 Å². The second-order valence-electron chi connectivity index (χ2n) is 4.99. The van der Waals surface area contributed by atoms with Crippen LogP contribution in [0.2, 0.25) is 0 Å². The van der Waals surface area contributed by atoms with Crippen LogP contribution in [0.25, 0.3) is 0 Å². The molecule has 2 nitrogen and oxygen atoms in total. The number of benzene rings is 2. The van der Waals surface area contributed by atoms with Crippen molar-refractivity contribution in [1.29, 1.82) is 0 Å². The normalized spacial score (nSPS) is 11.9. The molecule has 1 N–H and O–H groups in total. The lowest BCUT2D eigenvalue weighted by atomic mass is 10.1. The van der Waals surface area contributed by atoms with Crippen LogP contribution in [0.15, 0.2) is 60.7 Å². The number of hydrogen-bond acceptors (Lipinski definition) is 2. The van der Waals surface area contributed by atoms with Gasteiger partial charge < -0.3 is 5.11 Å². The fourth-order valence-electron chi connectivity index (χ4n) is 2.24. The molecule has 0 saturated heterocycles. The molecule has 0 saturated carbocycles. The molecule has 20 heavy (non-hydrogen) atoms. The van der Waals surface area contributed by atoms with Crippen molar-refractivity contribution in [1.82, 2.24) is 4.90 Å². The first-order chi connectivity index (χ1) is 9.24. The molecule has 0 aliphatic rings. The number of aliphatic hydroxyl groups is 1. The summed E-state index contributed by atoms with van der Waals surface area (Å²) in [4.78, 5) is 2.27. The highest BCUT2D eigenvalue weighted by molar-refractivity contribution is 5.85. The number of nitrogens with zero attached hydrogens (tertiary/aromatic N) is 1. The lowest BCUT2D eigenvalue weighted by Crippen LogP contribution is -2.30. The average Bonchev–Trinajstić information content (AvgIpc) is 2.40. The second kappa shape index (κ2) is 8.75. The van der Waals surface area contributed by atoms with Gasteiger partial charge in [0.2, 0.25) is 0 Å². The molecule has 0 spiro atoms. The molecule has 1 unspecified atom stereocenters. The van der Waals surface area contributed by atoms with E-state index in [0.717, 1.165) is 13.1 Å². The monoisotopic (exact) mass is 291 g/mol. The Hall–Kier alpha value is -1.35. The van der Waals surface area contributed by atoms with Crippen LogP contribution in [-0.2, 0) is 13.1 Å². The van der Waals surface area contributed by atoms with Gasteiger partial charge in [-0.2, -0.15) is 0 Å². The molecule has 3 heteroatoms. The summed E-state index contributed by atoms with van der Waals surface area (Å²) < 4.78 is 0. The van der Waals surface area contributed by atoms with E-state index in [4.69, 9.17) is 0 Å². The average molecular weight is 292 g/mol. The largest absolute Gasteiger partial charge is 0.392 e. The highest BCUT2D eigenvalue weighted by Crippen LogP contribution is 2.10. The lowest BCUT2D eigenvalue weighted by molar-refractivity contribution is 0.118. The van der Waals surface area contributed by atoms with Gasteiger partial charge in [-0.25, -0.2) is 0 Å². The molecule has 2 aromatic carbocycles. The summed E-state index contributed by atoms with van der Waals surface area (Å²) in [6.45, 7) is 4.24. The third-order valence-electron chi connectivity index (χ3n) is 3.02. The highest BCUT2D eigenvalue weighted by Gasteiger charge is 2.09. The third-order valence-corrected chi connectivity index (χ3v) is 3.02. The minimum absolute atomic E-state index is 0. The first-order valence-corrected chi connectivity index (χ1v) is 6.72. The molecule has 0 aliphatic carbocycles. The molecule has 1 atom stereocenters. The van der Waals surface area contributed by atoms with Crippen molar-refractivity contribution in [2.75, 3.05) is 6.54 Å². The first kappa shape index (κ1) is 16.7. The summed E-state index contributed by atoms with van der Waals surface area (Å²) in [5.74, 6) is 0. The molecular weight excluding hydrogens is 270 g/mol. The molecule has 0 fully saturated rings. The van der Waals surface area contributed by atoms with Gasteiger partial charge in [-0.3, -0.25) is 4.90 Å². The molecule has 0 aromatic heterocycles. The fraction of sp³-hybridized carbons (Fsp3) is 0.294. The van der Waals surface area contributed by atoms with Crippen LogP contribution >= 0.6 is 12.4 Å². The van der Waals surface area contributed by atoms with Crippen LogP contribution < -0.4 is 0 Å². The molecule has 108 valence electrons. The molecule has 0 aliphatic heterocycles. The molecule has 2 rings (SSSR count). The van der Waals surface area contributed by atoms with Gasteiger partial charge in [-0.05, 0) is 18.1 Å². The van der Waals surface area contributed by atoms with Crippen LogP contribution in [0, 0.1) is 0 Å². The van der Waals surface area contributed by atoms with Gasteiger partial charge in [0, 0.05) is 19.6 Å². The Morgan fingerprint density at radius 3 is 1.60 bits per heavy atom. The van der Waals surface area contributed by atoms with Crippen molar-refractivity contribution in [3.63, 3.8) is 0 Å². The van der Waals surface area contributed by atoms with Crippen LogP contribution in [0.1, 0.15) is 18.1 Å². The molecule has 0 radical (unpaired) electrons. The number of halogens is 1. The Bertz CT molecular complexity index is 431. The highest BCUT2D eigenvalue weighted by atomic mass is 35.5. The van der Waals surface area contributed by atoms with Gasteiger partial charge >= 0.3 is 0 Å². The van der Waals surface area contributed by atoms with E-state index in [1.54, 1.807) is 0 Å². The van der Waals surface area contributed by atoms with E-state index in [9.17, 15) is 5.11 Å². The maximum atomic E-state index is 9.64. The van der Waals surface area contributed by atoms with Crippen molar-refractivity contribution >= 4 is 12.4 Å². The van der Waals surface area contributed by atoms with Crippen LogP contribution in [-0.4, -0.2) is 22.7 Å². The lowest BCUT2D eigenvalue weighted by Gasteiger charge is -2.24. The number of hydrogen-bond donors (Lipinski definition) is 1. The van der Waals surface area contributed by atoms with E-state index in [1.807, 2.05) is 19.1 Å². The summed E-state index contributed by atoms with van der Waals surface area (Å²) in [6, 6.07) is 20.8. The zero-order valence-electron chi connectivity index (χ0n) is 11.8. The molecule has 0 heterocycles. The topological polar surface area (TPSA) is 23.5 Å². The second-order valence-corrected chi connectivity index (χ2v) is 4.99. The summed E-state index contributed by atoms with van der Waals surface area (Å²) in [5, 5.41) is 9.64. The Balaban J connectivity index is 0.00000200. The van der Waals surface area contributed by atoms with Crippen molar-refractivity contribution < 1.29 is 5.11 Å². The minimum Gasteiger partial charge on any atom is -0.392 e. The van der Waals surface area contributed by atoms with Crippen LogP contribution in [0.4, 0.5) is 0 Å². The van der Waals surface area contributed by atoms with E-state index < -0.39 is 0 Å². The van der Waals surface area contributed by atoms with Crippen molar-refractivity contribution in [2.45, 2.75) is 26.1 Å². The zero-order chi connectivity index (χ0) is 13.5. The predicted molar refractivity (Wildman–Crippen MR) is 85.9 cm³/mol. The van der Waals surface area contributed by atoms with Gasteiger partial charge in [-0.1, -0.05) is 60.7 Å². The van der Waals surface area contributed by atoms with Crippen molar-refractivity contribution in [3.05, 3.63) is 71.8 Å². The minimum atomic E-state index is -0.313. The Labute approximate surface area is 127 Å². The van der Waals surface area contributed by atoms with E-state index >= 15 is 0 Å². The molecule has 2 aromatic rings. The fourth-order valence-corrected chi connectivity index (χ4v) is 2.24. The van der Waals surface area contributed by atoms with E-state index in [-0.39, 0.29) is 18.5 Å². The maximum absolute atomic E-state index is 9.64. The van der Waals surface area contributed by atoms with Gasteiger partial charge in [-0.15, -0.1) is 12.4 Å². The number of rotatable bonds is 6. The van der Waals surface area contributed by atoms with E-state index in [2.05, 4.69) is 53.4 Å². The summed E-state index contributed by atoms with van der Waals surface area (Å²) in [7, 11) is 0. The predicted octanol–water partition coefficient (Wildman–Crippen LogP) is 3.49. The quantitative estimate of drug-likeness (QED) is 0.881. The summed E-state index contributed by atoms with van der Waals surface area (Å²) >= 11 is 0. The zero-order valence-corrected chi connectivity index (χ0v) is 12.6. The van der Waals surface area contributed by atoms with Gasteiger partial charge in [0.05, 0.1) is 6.10 Å². The SMILES string of the molecule is CC(O)CN(Cc1ccccc1)Cc1ccccc1.Cl. The Kier molecular flexibility index (Phi) is 7.31. The standard InChI is InChI=1S/C17H21NO.ClH/c1-15(19)12-18(13-16-8-4-2-5-9-16)14-17-10-6-3-7-11-17;/h2-11,15,19H,12-14H2,1H3;1H. The van der Waals surface area contributed by atoms with E-state index in [0.29, 0.717) is 6.54 Å².